The molecule has 3 rings (SSSR count). The Kier molecular flexibility index (Phi) is 4.65. The Morgan fingerprint density at radius 3 is 2.80 bits per heavy atom. The van der Waals surface area contributed by atoms with Crippen molar-refractivity contribution in [3.63, 3.8) is 0 Å². The summed E-state index contributed by atoms with van der Waals surface area (Å²) in [6.07, 6.45) is 5.75. The molecule has 3 unspecified atom stereocenters. The van der Waals surface area contributed by atoms with E-state index < -0.39 is 0 Å². The van der Waals surface area contributed by atoms with Gasteiger partial charge in [-0.2, -0.15) is 0 Å². The van der Waals surface area contributed by atoms with Gasteiger partial charge in [0.1, 0.15) is 0 Å². The first kappa shape index (κ1) is 14.8. The fourth-order valence-corrected chi connectivity index (χ4v) is 4.27. The molecule has 0 aromatic rings. The van der Waals surface area contributed by atoms with Crippen molar-refractivity contribution < 1.29 is 9.84 Å². The van der Waals surface area contributed by atoms with Gasteiger partial charge in [0, 0.05) is 44.7 Å². The first-order chi connectivity index (χ1) is 9.67. The summed E-state index contributed by atoms with van der Waals surface area (Å²) < 4.78 is 5.42. The molecule has 0 spiro atoms. The lowest BCUT2D eigenvalue weighted by molar-refractivity contribution is -0.104. The number of rotatable bonds is 3. The highest BCUT2D eigenvalue weighted by Gasteiger charge is 2.43. The van der Waals surface area contributed by atoms with Gasteiger partial charge in [-0.1, -0.05) is 12.8 Å². The van der Waals surface area contributed by atoms with Gasteiger partial charge in [-0.15, -0.1) is 0 Å². The highest BCUT2D eigenvalue weighted by molar-refractivity contribution is 4.96. The van der Waals surface area contributed by atoms with Crippen LogP contribution >= 0.6 is 0 Å². The van der Waals surface area contributed by atoms with Gasteiger partial charge < -0.3 is 9.84 Å². The lowest BCUT2D eigenvalue weighted by Crippen LogP contribution is -2.57. The molecule has 116 valence electrons. The molecule has 1 N–H and O–H groups in total. The number of hydrogen-bond acceptors (Lipinski definition) is 4. The Bertz CT molecular complexity index is 320. The summed E-state index contributed by atoms with van der Waals surface area (Å²) in [5.41, 5.74) is -0.340. The summed E-state index contributed by atoms with van der Waals surface area (Å²) in [6, 6.07) is 0.597. The first-order valence-corrected chi connectivity index (χ1v) is 8.44. The number of morpholine rings is 1. The second kappa shape index (κ2) is 6.30. The van der Waals surface area contributed by atoms with Crippen LogP contribution in [-0.4, -0.2) is 72.5 Å². The largest absolute Gasteiger partial charge is 0.390 e. The lowest BCUT2D eigenvalue weighted by atomic mass is 9.71. The van der Waals surface area contributed by atoms with Crippen molar-refractivity contribution in [2.24, 2.45) is 5.92 Å². The Balaban J connectivity index is 1.52. The van der Waals surface area contributed by atoms with E-state index in [0.29, 0.717) is 12.0 Å². The Morgan fingerprint density at radius 1 is 1.20 bits per heavy atom. The van der Waals surface area contributed by atoms with Crippen molar-refractivity contribution in [1.82, 2.24) is 9.80 Å². The van der Waals surface area contributed by atoms with E-state index >= 15 is 0 Å². The van der Waals surface area contributed by atoms with Gasteiger partial charge in [-0.25, -0.2) is 0 Å². The zero-order chi connectivity index (χ0) is 14.0. The predicted octanol–water partition coefficient (Wildman–Crippen LogP) is 1.33. The van der Waals surface area contributed by atoms with Crippen LogP contribution in [-0.2, 0) is 4.74 Å². The number of likely N-dealkylation sites (tertiary alicyclic amines) is 1. The van der Waals surface area contributed by atoms with E-state index in [0.717, 1.165) is 58.8 Å². The number of fused-ring (bicyclic) bond motifs is 1. The Labute approximate surface area is 123 Å². The van der Waals surface area contributed by atoms with E-state index in [4.69, 9.17) is 4.74 Å². The summed E-state index contributed by atoms with van der Waals surface area (Å²) in [4.78, 5) is 5.13. The molecule has 2 aliphatic heterocycles. The molecule has 2 saturated heterocycles. The van der Waals surface area contributed by atoms with Gasteiger partial charge >= 0.3 is 0 Å². The van der Waals surface area contributed by atoms with E-state index in [2.05, 4.69) is 16.7 Å². The lowest BCUT2D eigenvalue weighted by Gasteiger charge is -2.49. The van der Waals surface area contributed by atoms with Gasteiger partial charge in [-0.3, -0.25) is 9.80 Å². The average Bonchev–Trinajstić information content (AvgIpc) is 2.47. The van der Waals surface area contributed by atoms with Crippen molar-refractivity contribution in [2.75, 3.05) is 45.9 Å². The van der Waals surface area contributed by atoms with E-state index in [1.165, 1.54) is 19.3 Å². The van der Waals surface area contributed by atoms with Crippen LogP contribution in [0.5, 0.6) is 0 Å². The Hall–Kier alpha value is -0.160. The Morgan fingerprint density at radius 2 is 2.00 bits per heavy atom. The highest BCUT2D eigenvalue weighted by Crippen LogP contribution is 2.40. The van der Waals surface area contributed by atoms with Crippen LogP contribution in [0.15, 0.2) is 0 Å². The van der Waals surface area contributed by atoms with Crippen LogP contribution in [0.3, 0.4) is 0 Å². The van der Waals surface area contributed by atoms with Gasteiger partial charge in [0.2, 0.25) is 0 Å². The molecular weight excluding hydrogens is 252 g/mol. The maximum Gasteiger partial charge on any atom is 0.0700 e. The first-order valence-electron chi connectivity index (χ1n) is 8.44. The number of hydrogen-bond donors (Lipinski definition) is 1. The molecule has 0 aromatic carbocycles. The topological polar surface area (TPSA) is 35.9 Å². The molecule has 1 saturated carbocycles. The van der Waals surface area contributed by atoms with Crippen LogP contribution in [0.4, 0.5) is 0 Å². The maximum atomic E-state index is 10.8. The second-order valence-corrected chi connectivity index (χ2v) is 7.05. The molecule has 0 aromatic heterocycles. The molecule has 3 aliphatic rings. The molecule has 4 heteroatoms. The minimum absolute atomic E-state index is 0.340. The van der Waals surface area contributed by atoms with Crippen molar-refractivity contribution in [3.8, 4) is 0 Å². The molecular formula is C16H30N2O2. The van der Waals surface area contributed by atoms with Crippen molar-refractivity contribution in [3.05, 3.63) is 0 Å². The molecule has 0 amide bonds. The summed E-state index contributed by atoms with van der Waals surface area (Å²) in [5.74, 6) is 0.511. The van der Waals surface area contributed by atoms with E-state index in [9.17, 15) is 5.11 Å². The van der Waals surface area contributed by atoms with Crippen molar-refractivity contribution >= 4 is 0 Å². The third-order valence-corrected chi connectivity index (χ3v) is 5.71. The third kappa shape index (κ3) is 3.19. The zero-order valence-electron chi connectivity index (χ0n) is 12.9. The minimum atomic E-state index is -0.340. The van der Waals surface area contributed by atoms with Crippen molar-refractivity contribution in [2.45, 2.75) is 50.7 Å². The van der Waals surface area contributed by atoms with E-state index in [1.807, 2.05) is 0 Å². The standard InChI is InChI=1S/C16H30N2O2/c1-14(12-17-8-10-20-11-9-17)18-7-6-16(19)5-3-2-4-15(16)13-18/h14-15,19H,2-13H2,1H3. The average molecular weight is 282 g/mol. The molecule has 20 heavy (non-hydrogen) atoms. The van der Waals surface area contributed by atoms with Gasteiger partial charge in [0.05, 0.1) is 18.8 Å². The predicted molar refractivity (Wildman–Crippen MR) is 79.8 cm³/mol. The molecule has 2 heterocycles. The van der Waals surface area contributed by atoms with Gasteiger partial charge in [0.25, 0.3) is 0 Å². The molecule has 1 aliphatic carbocycles. The number of nitrogens with zero attached hydrogens (tertiary/aromatic N) is 2. The summed E-state index contributed by atoms with van der Waals surface area (Å²) in [6.45, 7) is 9.58. The van der Waals surface area contributed by atoms with Gasteiger partial charge in [-0.05, 0) is 26.2 Å². The highest BCUT2D eigenvalue weighted by atomic mass is 16.5. The fraction of sp³-hybridized carbons (Fsp3) is 1.00. The molecule has 0 radical (unpaired) electrons. The summed E-state index contributed by atoms with van der Waals surface area (Å²) >= 11 is 0. The molecule has 3 fully saturated rings. The van der Waals surface area contributed by atoms with Crippen LogP contribution < -0.4 is 0 Å². The normalized spacial score (nSPS) is 38.4. The van der Waals surface area contributed by atoms with E-state index in [1.54, 1.807) is 0 Å². The SMILES string of the molecule is CC(CN1CCOCC1)N1CCC2(O)CCCCC2C1. The minimum Gasteiger partial charge on any atom is -0.390 e. The zero-order valence-corrected chi connectivity index (χ0v) is 12.9. The van der Waals surface area contributed by atoms with Crippen LogP contribution in [0.2, 0.25) is 0 Å². The van der Waals surface area contributed by atoms with Crippen LogP contribution in [0.25, 0.3) is 0 Å². The molecule has 0 bridgehead atoms. The smallest absolute Gasteiger partial charge is 0.0700 e. The number of aliphatic hydroxyl groups is 1. The van der Waals surface area contributed by atoms with Crippen LogP contribution in [0, 0.1) is 5.92 Å². The number of piperidine rings is 1. The molecule has 3 atom stereocenters. The second-order valence-electron chi connectivity index (χ2n) is 7.05. The fourth-order valence-electron chi connectivity index (χ4n) is 4.27. The molecule has 4 nitrogen and oxygen atoms in total. The van der Waals surface area contributed by atoms with Crippen molar-refractivity contribution in [1.29, 1.82) is 0 Å². The maximum absolute atomic E-state index is 10.8. The summed E-state index contributed by atoms with van der Waals surface area (Å²) in [5, 5.41) is 10.8. The van der Waals surface area contributed by atoms with Crippen LogP contribution in [0.1, 0.15) is 39.0 Å². The van der Waals surface area contributed by atoms with Gasteiger partial charge in [0.15, 0.2) is 0 Å². The number of ether oxygens (including phenoxy) is 1. The quantitative estimate of drug-likeness (QED) is 0.847. The van der Waals surface area contributed by atoms with E-state index in [-0.39, 0.29) is 5.60 Å². The third-order valence-electron chi connectivity index (χ3n) is 5.71. The summed E-state index contributed by atoms with van der Waals surface area (Å²) in [7, 11) is 0. The monoisotopic (exact) mass is 282 g/mol.